The molecular formula is C20H22FNO4. The molecule has 0 aliphatic carbocycles. The van der Waals surface area contributed by atoms with Crippen LogP contribution in [0.3, 0.4) is 0 Å². The number of halogens is 1. The summed E-state index contributed by atoms with van der Waals surface area (Å²) in [5.74, 6) is -1.41. The lowest BCUT2D eigenvalue weighted by molar-refractivity contribution is -0.154. The zero-order chi connectivity index (χ0) is 18.9. The monoisotopic (exact) mass is 359 g/mol. The number of esters is 1. The second-order valence-corrected chi connectivity index (χ2v) is 5.80. The summed E-state index contributed by atoms with van der Waals surface area (Å²) in [4.78, 5) is 23.9. The summed E-state index contributed by atoms with van der Waals surface area (Å²) in [6.07, 6.45) is -0.345. The number of benzene rings is 2. The number of hydrogen-bond donors (Lipinski definition) is 1. The Hall–Kier alpha value is -2.89. The molecule has 0 saturated carbocycles. The average molecular weight is 359 g/mol. The standard InChI is InChI=1S/C20H22FNO4/c1-14(20(24)22-11-10-15-6-4-3-5-7-15)26-19(23)13-16-8-9-18(25-2)17(21)12-16/h3-9,12,14H,10-11,13H2,1-2H3,(H,22,24)/t14-/m1/s1. The van der Waals surface area contributed by atoms with Gasteiger partial charge in [0, 0.05) is 6.54 Å². The van der Waals surface area contributed by atoms with Crippen LogP contribution >= 0.6 is 0 Å². The van der Waals surface area contributed by atoms with E-state index in [9.17, 15) is 14.0 Å². The van der Waals surface area contributed by atoms with E-state index >= 15 is 0 Å². The smallest absolute Gasteiger partial charge is 0.311 e. The first-order valence-corrected chi connectivity index (χ1v) is 8.33. The number of hydrogen-bond acceptors (Lipinski definition) is 4. The predicted molar refractivity (Wildman–Crippen MR) is 95.4 cm³/mol. The normalized spacial score (nSPS) is 11.5. The Morgan fingerprint density at radius 3 is 2.50 bits per heavy atom. The average Bonchev–Trinajstić information content (AvgIpc) is 2.62. The fourth-order valence-electron chi connectivity index (χ4n) is 2.40. The SMILES string of the molecule is COc1ccc(CC(=O)O[C@H](C)C(=O)NCCc2ccccc2)cc1F. The van der Waals surface area contributed by atoms with Gasteiger partial charge in [0.1, 0.15) is 0 Å². The van der Waals surface area contributed by atoms with E-state index < -0.39 is 17.9 Å². The Labute approximate surface area is 152 Å². The molecule has 1 atom stereocenters. The fourth-order valence-corrected chi connectivity index (χ4v) is 2.40. The van der Waals surface area contributed by atoms with E-state index in [1.807, 2.05) is 30.3 Å². The quantitative estimate of drug-likeness (QED) is 0.736. The van der Waals surface area contributed by atoms with E-state index in [1.54, 1.807) is 6.07 Å². The minimum atomic E-state index is -0.915. The van der Waals surface area contributed by atoms with E-state index in [0.717, 1.165) is 5.56 Å². The third-order valence-corrected chi connectivity index (χ3v) is 3.80. The molecule has 0 heterocycles. The van der Waals surface area contributed by atoms with Crippen LogP contribution in [0.2, 0.25) is 0 Å². The van der Waals surface area contributed by atoms with Crippen molar-refractivity contribution in [3.8, 4) is 5.75 Å². The van der Waals surface area contributed by atoms with Crippen molar-refractivity contribution in [2.24, 2.45) is 0 Å². The molecule has 2 aromatic carbocycles. The molecule has 26 heavy (non-hydrogen) atoms. The first kappa shape index (κ1) is 19.4. The van der Waals surface area contributed by atoms with Crippen molar-refractivity contribution in [1.29, 1.82) is 0 Å². The maximum Gasteiger partial charge on any atom is 0.311 e. The molecule has 6 heteroatoms. The molecule has 0 radical (unpaired) electrons. The Kier molecular flexibility index (Phi) is 7.14. The summed E-state index contributed by atoms with van der Waals surface area (Å²) in [6, 6.07) is 14.0. The lowest BCUT2D eigenvalue weighted by Crippen LogP contribution is -2.37. The highest BCUT2D eigenvalue weighted by atomic mass is 19.1. The topological polar surface area (TPSA) is 64.6 Å². The lowest BCUT2D eigenvalue weighted by Gasteiger charge is -2.14. The molecule has 0 bridgehead atoms. The number of methoxy groups -OCH3 is 1. The zero-order valence-corrected chi connectivity index (χ0v) is 14.8. The number of carbonyl (C=O) groups is 2. The zero-order valence-electron chi connectivity index (χ0n) is 14.8. The van der Waals surface area contributed by atoms with E-state index in [0.29, 0.717) is 18.5 Å². The van der Waals surface area contributed by atoms with Gasteiger partial charge in [-0.3, -0.25) is 9.59 Å². The Morgan fingerprint density at radius 2 is 1.85 bits per heavy atom. The summed E-state index contributed by atoms with van der Waals surface area (Å²) in [5.41, 5.74) is 1.56. The maximum absolute atomic E-state index is 13.6. The molecule has 0 spiro atoms. The van der Waals surface area contributed by atoms with Gasteiger partial charge in [0.15, 0.2) is 17.7 Å². The van der Waals surface area contributed by atoms with Gasteiger partial charge in [0.25, 0.3) is 5.91 Å². The molecular weight excluding hydrogens is 337 g/mol. The van der Waals surface area contributed by atoms with Crippen molar-refractivity contribution in [2.45, 2.75) is 25.9 Å². The van der Waals surface area contributed by atoms with Gasteiger partial charge < -0.3 is 14.8 Å². The second kappa shape index (κ2) is 9.56. The van der Waals surface area contributed by atoms with Gasteiger partial charge in [-0.2, -0.15) is 0 Å². The van der Waals surface area contributed by atoms with Gasteiger partial charge in [-0.15, -0.1) is 0 Å². The van der Waals surface area contributed by atoms with Gasteiger partial charge in [-0.1, -0.05) is 36.4 Å². The second-order valence-electron chi connectivity index (χ2n) is 5.80. The van der Waals surface area contributed by atoms with Gasteiger partial charge in [0.2, 0.25) is 0 Å². The van der Waals surface area contributed by atoms with Gasteiger partial charge in [-0.25, -0.2) is 4.39 Å². The van der Waals surface area contributed by atoms with Crippen molar-refractivity contribution >= 4 is 11.9 Å². The van der Waals surface area contributed by atoms with Crippen LogP contribution in [-0.4, -0.2) is 31.6 Å². The van der Waals surface area contributed by atoms with E-state index in [2.05, 4.69) is 5.32 Å². The third-order valence-electron chi connectivity index (χ3n) is 3.80. The summed E-state index contributed by atoms with van der Waals surface area (Å²) in [5, 5.41) is 2.73. The van der Waals surface area contributed by atoms with Gasteiger partial charge in [-0.05, 0) is 36.6 Å². The molecule has 0 fully saturated rings. The molecule has 1 N–H and O–H groups in total. The van der Waals surface area contributed by atoms with Crippen LogP contribution < -0.4 is 10.1 Å². The number of carbonyl (C=O) groups excluding carboxylic acids is 2. The number of rotatable bonds is 8. The number of nitrogens with one attached hydrogen (secondary N) is 1. The van der Waals surface area contributed by atoms with Crippen LogP contribution in [0, 0.1) is 5.82 Å². The van der Waals surface area contributed by atoms with Crippen LogP contribution in [-0.2, 0) is 27.2 Å². The van der Waals surface area contributed by atoms with E-state index in [-0.39, 0.29) is 18.1 Å². The summed E-state index contributed by atoms with van der Waals surface area (Å²) < 4.78 is 23.6. The van der Waals surface area contributed by atoms with Crippen LogP contribution in [0.15, 0.2) is 48.5 Å². The van der Waals surface area contributed by atoms with Crippen molar-refractivity contribution < 1.29 is 23.5 Å². The van der Waals surface area contributed by atoms with Gasteiger partial charge >= 0.3 is 5.97 Å². The summed E-state index contributed by atoms with van der Waals surface area (Å²) in [7, 11) is 1.37. The largest absolute Gasteiger partial charge is 0.494 e. The minimum Gasteiger partial charge on any atom is -0.494 e. The molecule has 0 aliphatic rings. The van der Waals surface area contributed by atoms with E-state index in [4.69, 9.17) is 9.47 Å². The third kappa shape index (κ3) is 5.88. The Balaban J connectivity index is 1.76. The number of amides is 1. The molecule has 5 nitrogen and oxygen atoms in total. The highest BCUT2D eigenvalue weighted by Gasteiger charge is 2.18. The highest BCUT2D eigenvalue weighted by Crippen LogP contribution is 2.18. The first-order valence-electron chi connectivity index (χ1n) is 8.33. The minimum absolute atomic E-state index is 0.105. The highest BCUT2D eigenvalue weighted by molar-refractivity contribution is 5.83. The molecule has 0 saturated heterocycles. The molecule has 138 valence electrons. The molecule has 1 amide bonds. The first-order chi connectivity index (χ1) is 12.5. The summed E-state index contributed by atoms with van der Waals surface area (Å²) >= 11 is 0. The molecule has 0 aromatic heterocycles. The van der Waals surface area contributed by atoms with Gasteiger partial charge in [0.05, 0.1) is 13.5 Å². The molecule has 2 aromatic rings. The van der Waals surface area contributed by atoms with Crippen LogP contribution in [0.5, 0.6) is 5.75 Å². The van der Waals surface area contributed by atoms with Crippen molar-refractivity contribution in [3.63, 3.8) is 0 Å². The van der Waals surface area contributed by atoms with Crippen LogP contribution in [0.25, 0.3) is 0 Å². The molecule has 0 unspecified atom stereocenters. The van der Waals surface area contributed by atoms with Crippen LogP contribution in [0.4, 0.5) is 4.39 Å². The Bertz CT molecular complexity index is 749. The number of ether oxygens (including phenoxy) is 2. The maximum atomic E-state index is 13.6. The van der Waals surface area contributed by atoms with Crippen molar-refractivity contribution in [2.75, 3.05) is 13.7 Å². The van der Waals surface area contributed by atoms with Crippen molar-refractivity contribution in [1.82, 2.24) is 5.32 Å². The summed E-state index contributed by atoms with van der Waals surface area (Å²) in [6.45, 7) is 1.96. The predicted octanol–water partition coefficient (Wildman–Crippen LogP) is 2.67. The van der Waals surface area contributed by atoms with Crippen LogP contribution in [0.1, 0.15) is 18.1 Å². The molecule has 0 aliphatic heterocycles. The Morgan fingerprint density at radius 1 is 1.12 bits per heavy atom. The fraction of sp³-hybridized carbons (Fsp3) is 0.300. The lowest BCUT2D eigenvalue weighted by atomic mass is 10.1. The van der Waals surface area contributed by atoms with Crippen molar-refractivity contribution in [3.05, 3.63) is 65.5 Å². The molecule has 2 rings (SSSR count). The van der Waals surface area contributed by atoms with E-state index in [1.165, 1.54) is 26.2 Å².